The van der Waals surface area contributed by atoms with Gasteiger partial charge in [0.1, 0.15) is 5.70 Å². The Kier molecular flexibility index (Phi) is 6.76. The van der Waals surface area contributed by atoms with Crippen LogP contribution in [0, 0.1) is 12.8 Å². The van der Waals surface area contributed by atoms with E-state index >= 15 is 0 Å². The highest BCUT2D eigenvalue weighted by molar-refractivity contribution is 6.05. The number of allylic oxidation sites excluding steroid dienone is 2. The highest BCUT2D eigenvalue weighted by Crippen LogP contribution is 2.30. The number of amides is 1. The molecule has 2 rings (SSSR count). The number of hydrogen-bond donors (Lipinski definition) is 1. The highest BCUT2D eigenvalue weighted by Gasteiger charge is 2.27. The number of anilines is 2. The van der Waals surface area contributed by atoms with Gasteiger partial charge in [-0.2, -0.15) is 0 Å². The van der Waals surface area contributed by atoms with Crippen LogP contribution in [-0.4, -0.2) is 32.1 Å². The van der Waals surface area contributed by atoms with Gasteiger partial charge >= 0.3 is 11.9 Å². The third kappa shape index (κ3) is 4.49. The Bertz CT molecular complexity index is 881. The summed E-state index contributed by atoms with van der Waals surface area (Å²) in [4.78, 5) is 38.3. The molecule has 1 aromatic rings. The van der Waals surface area contributed by atoms with E-state index in [1.807, 2.05) is 13.0 Å². The first-order chi connectivity index (χ1) is 13.3. The van der Waals surface area contributed by atoms with Gasteiger partial charge in [-0.05, 0) is 36.8 Å². The number of benzene rings is 1. The van der Waals surface area contributed by atoms with Gasteiger partial charge in [-0.1, -0.05) is 26.0 Å². The zero-order chi connectivity index (χ0) is 20.8. The van der Waals surface area contributed by atoms with E-state index in [1.165, 1.54) is 25.2 Å². The van der Waals surface area contributed by atoms with Crippen LogP contribution in [0.3, 0.4) is 0 Å². The molecule has 1 amide bonds. The fourth-order valence-corrected chi connectivity index (χ4v) is 2.54. The van der Waals surface area contributed by atoms with Gasteiger partial charge in [-0.3, -0.25) is 4.79 Å². The van der Waals surface area contributed by atoms with E-state index in [-0.39, 0.29) is 23.1 Å². The fourth-order valence-electron chi connectivity index (χ4n) is 2.54. The molecule has 28 heavy (non-hydrogen) atoms. The van der Waals surface area contributed by atoms with Crippen LogP contribution in [-0.2, 0) is 23.9 Å². The lowest BCUT2D eigenvalue weighted by atomic mass is 10.1. The normalized spacial score (nSPS) is 13.4. The molecule has 7 nitrogen and oxygen atoms in total. The van der Waals surface area contributed by atoms with Crippen molar-refractivity contribution in [1.82, 2.24) is 0 Å². The molecule has 0 saturated carbocycles. The van der Waals surface area contributed by atoms with E-state index in [0.717, 1.165) is 5.56 Å². The van der Waals surface area contributed by atoms with Gasteiger partial charge in [-0.25, -0.2) is 9.59 Å². The minimum Gasteiger partial charge on any atom is -0.465 e. The summed E-state index contributed by atoms with van der Waals surface area (Å²) in [5.41, 5.74) is 2.14. The van der Waals surface area contributed by atoms with Gasteiger partial charge in [0.2, 0.25) is 5.91 Å². The summed E-state index contributed by atoms with van der Waals surface area (Å²) in [5, 5.41) is 2.88. The van der Waals surface area contributed by atoms with Crippen molar-refractivity contribution < 1.29 is 23.9 Å². The van der Waals surface area contributed by atoms with E-state index < -0.39 is 11.9 Å². The quantitative estimate of drug-likeness (QED) is 0.786. The summed E-state index contributed by atoms with van der Waals surface area (Å²) in [5.74, 6) is -1.65. The number of ether oxygens (including phenoxy) is 2. The lowest BCUT2D eigenvalue weighted by Crippen LogP contribution is -2.27. The van der Waals surface area contributed by atoms with Crippen LogP contribution in [0.2, 0.25) is 0 Å². The monoisotopic (exact) mass is 384 g/mol. The Morgan fingerprint density at radius 3 is 2.32 bits per heavy atom. The molecule has 1 aliphatic heterocycles. The Morgan fingerprint density at radius 2 is 1.71 bits per heavy atom. The molecule has 0 bridgehead atoms. The Morgan fingerprint density at radius 1 is 1.04 bits per heavy atom. The predicted molar refractivity (Wildman–Crippen MR) is 106 cm³/mol. The number of carbonyl (C=O) groups excluding carboxylic acids is 3. The molecule has 0 aliphatic carbocycles. The highest BCUT2D eigenvalue weighted by atomic mass is 16.5. The first-order valence-corrected chi connectivity index (χ1v) is 8.76. The number of esters is 2. The van der Waals surface area contributed by atoms with Gasteiger partial charge in [0.25, 0.3) is 0 Å². The van der Waals surface area contributed by atoms with Gasteiger partial charge in [0.15, 0.2) is 0 Å². The maximum Gasteiger partial charge on any atom is 0.355 e. The van der Waals surface area contributed by atoms with Crippen LogP contribution in [0.5, 0.6) is 0 Å². The summed E-state index contributed by atoms with van der Waals surface area (Å²) >= 11 is 0. The van der Waals surface area contributed by atoms with Gasteiger partial charge < -0.3 is 19.7 Å². The lowest BCUT2D eigenvalue weighted by molar-refractivity contribution is -0.139. The van der Waals surface area contributed by atoms with Crippen molar-refractivity contribution in [1.29, 1.82) is 0 Å². The molecule has 0 unspecified atom stereocenters. The summed E-state index contributed by atoms with van der Waals surface area (Å²) in [7, 11) is 2.48. The Balaban J connectivity index is 2.59. The molecule has 1 heterocycles. The fraction of sp³-hybridized carbons (Fsp3) is 0.286. The van der Waals surface area contributed by atoms with Crippen molar-refractivity contribution in [2.45, 2.75) is 20.8 Å². The number of nitrogens with one attached hydrogen (secondary N) is 1. The number of hydrogen-bond acceptors (Lipinski definition) is 6. The van der Waals surface area contributed by atoms with E-state index in [2.05, 4.69) is 5.32 Å². The van der Waals surface area contributed by atoms with E-state index in [9.17, 15) is 14.4 Å². The molecule has 0 aromatic heterocycles. The van der Waals surface area contributed by atoms with Gasteiger partial charge in [0, 0.05) is 23.5 Å². The SMILES string of the molecule is COC(=O)C1=C(C(=O)OC)N(c2ccc(C)c(NC(=O)C(C)C)c2)C=CC=C1. The number of aryl methyl sites for hydroxylation is 1. The second kappa shape index (κ2) is 9.03. The van der Waals surface area contributed by atoms with Crippen molar-refractivity contribution in [2.75, 3.05) is 24.4 Å². The molecule has 0 atom stereocenters. The van der Waals surface area contributed by atoms with Crippen LogP contribution in [0.1, 0.15) is 19.4 Å². The van der Waals surface area contributed by atoms with Gasteiger partial charge in [0.05, 0.1) is 19.8 Å². The van der Waals surface area contributed by atoms with Crippen LogP contribution in [0.4, 0.5) is 11.4 Å². The number of carbonyl (C=O) groups is 3. The third-order valence-electron chi connectivity index (χ3n) is 4.17. The second-order valence-electron chi connectivity index (χ2n) is 6.46. The smallest absolute Gasteiger partial charge is 0.355 e. The molecular formula is C21H24N2O5. The van der Waals surface area contributed by atoms with E-state index in [0.29, 0.717) is 11.4 Å². The summed E-state index contributed by atoms with van der Waals surface area (Å²) in [6, 6.07) is 5.35. The average molecular weight is 384 g/mol. The molecule has 7 heteroatoms. The maximum atomic E-state index is 12.5. The van der Waals surface area contributed by atoms with Crippen LogP contribution < -0.4 is 10.2 Å². The zero-order valence-electron chi connectivity index (χ0n) is 16.6. The minimum absolute atomic E-state index is 0.0179. The molecule has 148 valence electrons. The molecular weight excluding hydrogens is 360 g/mol. The third-order valence-corrected chi connectivity index (χ3v) is 4.17. The Labute approximate surface area is 164 Å². The predicted octanol–water partition coefficient (Wildman–Crippen LogP) is 3.08. The molecule has 0 saturated heterocycles. The second-order valence-corrected chi connectivity index (χ2v) is 6.46. The van der Waals surface area contributed by atoms with Crippen LogP contribution in [0.25, 0.3) is 0 Å². The number of methoxy groups -OCH3 is 2. The van der Waals surface area contributed by atoms with Gasteiger partial charge in [-0.15, -0.1) is 0 Å². The first-order valence-electron chi connectivity index (χ1n) is 8.76. The van der Waals surface area contributed by atoms with Crippen molar-refractivity contribution >= 4 is 29.2 Å². The summed E-state index contributed by atoms with van der Waals surface area (Å²) < 4.78 is 9.70. The topological polar surface area (TPSA) is 84.9 Å². The zero-order valence-corrected chi connectivity index (χ0v) is 16.6. The molecule has 0 radical (unpaired) electrons. The van der Waals surface area contributed by atoms with E-state index in [1.54, 1.807) is 44.3 Å². The van der Waals surface area contributed by atoms with E-state index in [4.69, 9.17) is 9.47 Å². The van der Waals surface area contributed by atoms with Crippen molar-refractivity contribution in [2.24, 2.45) is 5.92 Å². The molecule has 0 fully saturated rings. The minimum atomic E-state index is -0.690. The molecule has 0 spiro atoms. The summed E-state index contributed by atoms with van der Waals surface area (Å²) in [6.45, 7) is 5.48. The number of nitrogens with zero attached hydrogens (tertiary/aromatic N) is 1. The lowest BCUT2D eigenvalue weighted by Gasteiger charge is -2.24. The maximum absolute atomic E-state index is 12.5. The summed E-state index contributed by atoms with van der Waals surface area (Å²) in [6.07, 6.45) is 6.44. The van der Waals surface area contributed by atoms with Crippen molar-refractivity contribution in [3.63, 3.8) is 0 Å². The van der Waals surface area contributed by atoms with Crippen LogP contribution in [0.15, 0.2) is 53.9 Å². The largest absolute Gasteiger partial charge is 0.465 e. The van der Waals surface area contributed by atoms with Crippen LogP contribution >= 0.6 is 0 Å². The Hall–Kier alpha value is -3.35. The molecule has 1 aliphatic rings. The molecule has 1 aromatic carbocycles. The average Bonchev–Trinajstić information content (AvgIpc) is 2.91. The standard InChI is InChI=1S/C21H24N2O5/c1-13(2)19(24)22-17-12-15(10-9-14(17)3)23-11-7-6-8-16(20(25)27-4)18(23)21(26)28-5/h6-13H,1-5H3,(H,22,24). The molecule has 1 N–H and O–H groups in total. The van der Waals surface area contributed by atoms with Crippen molar-refractivity contribution in [3.8, 4) is 0 Å². The first kappa shape index (κ1) is 21.0. The number of rotatable bonds is 5. The van der Waals surface area contributed by atoms with Crippen molar-refractivity contribution in [3.05, 3.63) is 59.5 Å².